The van der Waals surface area contributed by atoms with Crippen molar-refractivity contribution >= 4 is 0 Å². The minimum absolute atomic E-state index is 0.0455. The number of rotatable bonds is 4. The lowest BCUT2D eigenvalue weighted by atomic mass is 10.2. The fourth-order valence-corrected chi connectivity index (χ4v) is 1.14. The van der Waals surface area contributed by atoms with E-state index in [0.29, 0.717) is 0 Å². The maximum Gasteiger partial charge on any atom is 0.425 e. The molecule has 0 aliphatic carbocycles. The summed E-state index contributed by atoms with van der Waals surface area (Å²) in [5.74, 6) is 0.113. The molecule has 96 valence electrons. The molecule has 1 heterocycles. The number of hydrogen-bond donors (Lipinski definition) is 1. The summed E-state index contributed by atoms with van der Waals surface area (Å²) in [6, 6.07) is 3.17. The summed E-state index contributed by atoms with van der Waals surface area (Å²) >= 11 is 0. The van der Waals surface area contributed by atoms with Gasteiger partial charge in [0.05, 0.1) is 11.9 Å². The van der Waals surface area contributed by atoms with E-state index in [9.17, 15) is 13.2 Å². The van der Waals surface area contributed by atoms with Crippen molar-refractivity contribution in [2.75, 3.05) is 7.05 Å². The van der Waals surface area contributed by atoms with Gasteiger partial charge in [0.1, 0.15) is 5.75 Å². The molecule has 1 aromatic heterocycles. The summed E-state index contributed by atoms with van der Waals surface area (Å²) < 4.78 is 41.5. The van der Waals surface area contributed by atoms with Gasteiger partial charge in [0.25, 0.3) is 0 Å². The number of nitrogens with zero attached hydrogens (tertiary/aromatic N) is 1. The van der Waals surface area contributed by atoms with Crippen molar-refractivity contribution in [3.8, 4) is 5.75 Å². The highest BCUT2D eigenvalue weighted by Gasteiger charge is 2.38. The Balaban J connectivity index is 2.69. The largest absolute Gasteiger partial charge is 0.480 e. The third kappa shape index (κ3) is 3.89. The molecule has 6 heteroatoms. The summed E-state index contributed by atoms with van der Waals surface area (Å²) in [6.07, 6.45) is -4.90. The molecule has 0 saturated heterocycles. The van der Waals surface area contributed by atoms with Crippen LogP contribution >= 0.6 is 0 Å². The summed E-state index contributed by atoms with van der Waals surface area (Å²) in [5, 5.41) is 2.98. The van der Waals surface area contributed by atoms with Crippen LogP contribution in [0.3, 0.4) is 0 Å². The summed E-state index contributed by atoms with van der Waals surface area (Å²) in [6.45, 7) is 2.87. The Kier molecular flexibility index (Phi) is 4.34. The second-order valence-corrected chi connectivity index (χ2v) is 3.73. The van der Waals surface area contributed by atoms with Gasteiger partial charge in [-0.1, -0.05) is 0 Å². The average Bonchev–Trinajstić information content (AvgIpc) is 2.27. The van der Waals surface area contributed by atoms with Crippen molar-refractivity contribution in [1.82, 2.24) is 10.3 Å². The van der Waals surface area contributed by atoms with E-state index in [1.807, 2.05) is 6.92 Å². The number of alkyl halides is 3. The van der Waals surface area contributed by atoms with Crippen LogP contribution in [0.4, 0.5) is 13.2 Å². The quantitative estimate of drug-likeness (QED) is 0.889. The van der Waals surface area contributed by atoms with Gasteiger partial charge >= 0.3 is 6.18 Å². The van der Waals surface area contributed by atoms with Crippen molar-refractivity contribution < 1.29 is 17.9 Å². The Morgan fingerprint density at radius 2 is 1.94 bits per heavy atom. The maximum absolute atomic E-state index is 12.2. The van der Waals surface area contributed by atoms with Crippen LogP contribution in [0.2, 0.25) is 0 Å². The molecule has 0 aliphatic rings. The predicted octanol–water partition coefficient (Wildman–Crippen LogP) is 2.69. The van der Waals surface area contributed by atoms with Crippen LogP contribution < -0.4 is 10.1 Å². The summed E-state index contributed by atoms with van der Waals surface area (Å²) in [5.41, 5.74) is 0.750. The van der Waals surface area contributed by atoms with Crippen LogP contribution in [0.5, 0.6) is 5.75 Å². The highest BCUT2D eigenvalue weighted by molar-refractivity contribution is 5.21. The molecule has 1 rings (SSSR count). The Bertz CT molecular complexity index is 351. The predicted molar refractivity (Wildman–Crippen MR) is 57.9 cm³/mol. The molecule has 2 unspecified atom stereocenters. The minimum Gasteiger partial charge on any atom is -0.480 e. The third-order valence-electron chi connectivity index (χ3n) is 2.41. The van der Waals surface area contributed by atoms with Crippen LogP contribution in [0, 0.1) is 0 Å². The van der Waals surface area contributed by atoms with E-state index >= 15 is 0 Å². The van der Waals surface area contributed by atoms with E-state index < -0.39 is 12.3 Å². The van der Waals surface area contributed by atoms with Crippen molar-refractivity contribution in [2.24, 2.45) is 0 Å². The Labute approximate surface area is 98.0 Å². The first-order chi connectivity index (χ1) is 7.84. The first kappa shape index (κ1) is 13.8. The van der Waals surface area contributed by atoms with Crippen LogP contribution in [0.1, 0.15) is 25.6 Å². The van der Waals surface area contributed by atoms with Gasteiger partial charge in [-0.25, -0.2) is 0 Å². The minimum atomic E-state index is -4.36. The molecule has 0 fully saturated rings. The van der Waals surface area contributed by atoms with E-state index in [4.69, 9.17) is 4.74 Å². The van der Waals surface area contributed by atoms with Crippen LogP contribution in [0.15, 0.2) is 18.3 Å². The van der Waals surface area contributed by atoms with Crippen LogP contribution in [-0.4, -0.2) is 24.3 Å². The highest BCUT2D eigenvalue weighted by Crippen LogP contribution is 2.24. The Morgan fingerprint density at radius 1 is 1.29 bits per heavy atom. The molecule has 0 aromatic carbocycles. The monoisotopic (exact) mass is 248 g/mol. The number of nitrogens with one attached hydrogen (secondary N) is 1. The second kappa shape index (κ2) is 5.35. The van der Waals surface area contributed by atoms with Gasteiger partial charge in [-0.2, -0.15) is 13.2 Å². The molecule has 1 N–H and O–H groups in total. The molecule has 3 nitrogen and oxygen atoms in total. The van der Waals surface area contributed by atoms with E-state index in [0.717, 1.165) is 12.6 Å². The standard InChI is InChI=1S/C11H15F3N2O/c1-7(15-3)10-5-4-9(6-16-10)17-8(2)11(12,13)14/h4-8,15H,1-3H3. The first-order valence-corrected chi connectivity index (χ1v) is 5.21. The zero-order chi connectivity index (χ0) is 13.1. The molecular formula is C11H15F3N2O. The first-order valence-electron chi connectivity index (χ1n) is 5.21. The van der Waals surface area contributed by atoms with Crippen molar-refractivity contribution in [3.63, 3.8) is 0 Å². The Hall–Kier alpha value is -1.30. The van der Waals surface area contributed by atoms with Gasteiger partial charge < -0.3 is 10.1 Å². The van der Waals surface area contributed by atoms with Gasteiger partial charge in [0.15, 0.2) is 6.10 Å². The van der Waals surface area contributed by atoms with E-state index in [1.54, 1.807) is 13.1 Å². The fourth-order valence-electron chi connectivity index (χ4n) is 1.14. The van der Waals surface area contributed by atoms with Crippen molar-refractivity contribution in [3.05, 3.63) is 24.0 Å². The number of aromatic nitrogens is 1. The smallest absolute Gasteiger partial charge is 0.425 e. The van der Waals surface area contributed by atoms with Gasteiger partial charge in [0.2, 0.25) is 0 Å². The molecule has 2 atom stereocenters. The lowest BCUT2D eigenvalue weighted by molar-refractivity contribution is -0.189. The van der Waals surface area contributed by atoms with E-state index in [2.05, 4.69) is 10.3 Å². The average molecular weight is 248 g/mol. The SMILES string of the molecule is CNC(C)c1ccc(OC(C)C(F)(F)F)cn1. The molecule has 0 radical (unpaired) electrons. The summed E-state index contributed by atoms with van der Waals surface area (Å²) in [4.78, 5) is 4.03. The van der Waals surface area contributed by atoms with E-state index in [1.165, 1.54) is 12.3 Å². The molecule has 0 aliphatic heterocycles. The van der Waals surface area contributed by atoms with Crippen LogP contribution in [0.25, 0.3) is 0 Å². The van der Waals surface area contributed by atoms with Gasteiger partial charge in [-0.3, -0.25) is 4.98 Å². The zero-order valence-corrected chi connectivity index (χ0v) is 9.88. The lowest BCUT2D eigenvalue weighted by Crippen LogP contribution is -2.31. The molecule has 0 spiro atoms. The van der Waals surface area contributed by atoms with Gasteiger partial charge in [-0.05, 0) is 33.0 Å². The highest BCUT2D eigenvalue weighted by atomic mass is 19.4. The molecule has 0 saturated carbocycles. The summed E-state index contributed by atoms with van der Waals surface area (Å²) in [7, 11) is 1.78. The fraction of sp³-hybridized carbons (Fsp3) is 0.545. The third-order valence-corrected chi connectivity index (χ3v) is 2.41. The molecule has 0 bridgehead atoms. The lowest BCUT2D eigenvalue weighted by Gasteiger charge is -2.17. The number of halogens is 3. The zero-order valence-electron chi connectivity index (χ0n) is 9.88. The Morgan fingerprint density at radius 3 is 2.35 bits per heavy atom. The molecular weight excluding hydrogens is 233 g/mol. The number of ether oxygens (including phenoxy) is 1. The number of pyridine rings is 1. The van der Waals surface area contributed by atoms with Crippen molar-refractivity contribution in [2.45, 2.75) is 32.2 Å². The van der Waals surface area contributed by atoms with Gasteiger partial charge in [0, 0.05) is 6.04 Å². The van der Waals surface area contributed by atoms with Crippen molar-refractivity contribution in [1.29, 1.82) is 0 Å². The van der Waals surface area contributed by atoms with E-state index in [-0.39, 0.29) is 11.8 Å². The maximum atomic E-state index is 12.2. The number of hydrogen-bond acceptors (Lipinski definition) is 3. The second-order valence-electron chi connectivity index (χ2n) is 3.73. The molecule has 1 aromatic rings. The normalized spacial score (nSPS) is 15.4. The van der Waals surface area contributed by atoms with Crippen LogP contribution in [-0.2, 0) is 0 Å². The topological polar surface area (TPSA) is 34.1 Å². The molecule has 17 heavy (non-hydrogen) atoms. The molecule has 0 amide bonds. The van der Waals surface area contributed by atoms with Gasteiger partial charge in [-0.15, -0.1) is 0 Å².